The monoisotopic (exact) mass is 236 g/mol. The van der Waals surface area contributed by atoms with Crippen molar-refractivity contribution in [1.82, 2.24) is 4.98 Å². The lowest BCUT2D eigenvalue weighted by Crippen LogP contribution is -2.11. The van der Waals surface area contributed by atoms with Gasteiger partial charge in [-0.25, -0.2) is 13.6 Å². The van der Waals surface area contributed by atoms with Gasteiger partial charge in [-0.15, -0.1) is 0 Å². The van der Waals surface area contributed by atoms with E-state index in [0.29, 0.717) is 0 Å². The van der Waals surface area contributed by atoms with E-state index in [0.717, 1.165) is 23.0 Å². The third kappa shape index (κ3) is 2.05. The first kappa shape index (κ1) is 11.0. The van der Waals surface area contributed by atoms with Crippen LogP contribution in [-0.2, 0) is 16.4 Å². The molecule has 0 saturated heterocycles. The van der Waals surface area contributed by atoms with Crippen LogP contribution in [0.4, 0.5) is 0 Å². The number of nitrogens with zero attached hydrogens (tertiary/aromatic N) is 1. The second-order valence-electron chi connectivity index (χ2n) is 3.56. The third-order valence-electron chi connectivity index (χ3n) is 2.41. The summed E-state index contributed by atoms with van der Waals surface area (Å²) < 4.78 is 22.3. The fourth-order valence-electron chi connectivity index (χ4n) is 1.52. The first-order valence-corrected chi connectivity index (χ1v) is 6.48. The second kappa shape index (κ2) is 3.84. The zero-order valence-corrected chi connectivity index (χ0v) is 9.66. The van der Waals surface area contributed by atoms with Gasteiger partial charge in [0, 0.05) is 11.1 Å². The number of sulfonamides is 1. The van der Waals surface area contributed by atoms with E-state index in [1.54, 1.807) is 6.07 Å². The summed E-state index contributed by atoms with van der Waals surface area (Å²) in [6.45, 7) is 2.02. The molecule has 0 radical (unpaired) electrons. The maximum Gasteiger partial charge on any atom is 0.238 e. The Morgan fingerprint density at radius 1 is 1.25 bits per heavy atom. The van der Waals surface area contributed by atoms with Crippen LogP contribution in [-0.4, -0.2) is 13.4 Å². The summed E-state index contributed by atoms with van der Waals surface area (Å²) >= 11 is 0. The van der Waals surface area contributed by atoms with Crippen molar-refractivity contribution in [1.29, 1.82) is 0 Å². The van der Waals surface area contributed by atoms with Crippen molar-refractivity contribution in [2.45, 2.75) is 18.2 Å². The molecule has 4 nitrogen and oxygen atoms in total. The summed E-state index contributed by atoms with van der Waals surface area (Å²) in [4.78, 5) is 4.50. The van der Waals surface area contributed by atoms with Crippen molar-refractivity contribution < 1.29 is 8.42 Å². The van der Waals surface area contributed by atoms with Gasteiger partial charge in [0.05, 0.1) is 10.4 Å². The number of pyridine rings is 1. The van der Waals surface area contributed by atoms with Crippen molar-refractivity contribution in [3.63, 3.8) is 0 Å². The summed E-state index contributed by atoms with van der Waals surface area (Å²) in [6.07, 6.45) is 0.854. The van der Waals surface area contributed by atoms with Gasteiger partial charge in [-0.3, -0.25) is 4.98 Å². The second-order valence-corrected chi connectivity index (χ2v) is 5.12. The number of aryl methyl sites for hydroxylation is 1. The highest BCUT2D eigenvalue weighted by Crippen LogP contribution is 2.17. The van der Waals surface area contributed by atoms with Crippen molar-refractivity contribution in [3.8, 4) is 0 Å². The van der Waals surface area contributed by atoms with Gasteiger partial charge < -0.3 is 0 Å². The fraction of sp³-hybridized carbons (Fsp3) is 0.182. The zero-order chi connectivity index (χ0) is 11.8. The predicted molar refractivity (Wildman–Crippen MR) is 62.5 cm³/mol. The average molecular weight is 236 g/mol. The summed E-state index contributed by atoms with van der Waals surface area (Å²) in [5.41, 5.74) is 1.77. The van der Waals surface area contributed by atoms with Crippen molar-refractivity contribution in [2.75, 3.05) is 0 Å². The number of fused-ring (bicyclic) bond motifs is 1. The summed E-state index contributed by atoms with van der Waals surface area (Å²) in [6, 6.07) is 8.43. The summed E-state index contributed by atoms with van der Waals surface area (Å²) in [7, 11) is -3.64. The Kier molecular flexibility index (Phi) is 2.65. The van der Waals surface area contributed by atoms with Crippen LogP contribution in [0.25, 0.3) is 10.9 Å². The number of hydrogen-bond donors (Lipinski definition) is 1. The smallest absolute Gasteiger partial charge is 0.238 e. The van der Waals surface area contributed by atoms with Gasteiger partial charge in [-0.2, -0.15) is 0 Å². The first-order valence-electron chi connectivity index (χ1n) is 4.93. The van der Waals surface area contributed by atoms with Gasteiger partial charge in [-0.1, -0.05) is 13.0 Å². The molecule has 0 bridgehead atoms. The predicted octanol–water partition coefficient (Wildman–Crippen LogP) is 1.44. The molecule has 0 aliphatic heterocycles. The molecule has 0 amide bonds. The Morgan fingerprint density at radius 2 is 2.00 bits per heavy atom. The highest BCUT2D eigenvalue weighted by Gasteiger charge is 2.08. The number of aromatic nitrogens is 1. The molecule has 0 unspecified atom stereocenters. The summed E-state index contributed by atoms with van der Waals surface area (Å²) in [5.74, 6) is 0. The standard InChI is InChI=1S/C11H12N2O2S/c1-2-9-4-3-8-7-10(16(12,14)15)5-6-11(8)13-9/h3-7H,2H2,1H3,(H2,12,14,15). The van der Waals surface area contributed by atoms with Crippen molar-refractivity contribution in [2.24, 2.45) is 5.14 Å². The Bertz CT molecular complexity index is 635. The maximum absolute atomic E-state index is 11.2. The first-order chi connectivity index (χ1) is 7.50. The Hall–Kier alpha value is -1.46. The molecular weight excluding hydrogens is 224 g/mol. The van der Waals surface area contributed by atoms with Gasteiger partial charge >= 0.3 is 0 Å². The quantitative estimate of drug-likeness (QED) is 0.857. The maximum atomic E-state index is 11.2. The molecule has 0 fully saturated rings. The van der Waals surface area contributed by atoms with E-state index in [4.69, 9.17) is 5.14 Å². The molecule has 0 aliphatic rings. The molecule has 0 atom stereocenters. The topological polar surface area (TPSA) is 73.1 Å². The molecule has 2 aromatic rings. The van der Waals surface area contributed by atoms with E-state index in [2.05, 4.69) is 4.98 Å². The lowest BCUT2D eigenvalue weighted by atomic mass is 10.2. The number of hydrogen-bond acceptors (Lipinski definition) is 3. The molecule has 1 aromatic heterocycles. The van der Waals surface area contributed by atoms with Crippen LogP contribution in [0, 0.1) is 0 Å². The molecule has 1 heterocycles. The van der Waals surface area contributed by atoms with E-state index in [1.807, 2.05) is 19.1 Å². The minimum atomic E-state index is -3.64. The minimum absolute atomic E-state index is 0.117. The highest BCUT2D eigenvalue weighted by atomic mass is 32.2. The zero-order valence-electron chi connectivity index (χ0n) is 8.84. The highest BCUT2D eigenvalue weighted by molar-refractivity contribution is 7.89. The van der Waals surface area contributed by atoms with Gasteiger partial charge in [-0.05, 0) is 30.7 Å². The molecule has 16 heavy (non-hydrogen) atoms. The molecule has 0 spiro atoms. The molecule has 0 aliphatic carbocycles. The van der Waals surface area contributed by atoms with E-state index < -0.39 is 10.0 Å². The van der Waals surface area contributed by atoms with Crippen molar-refractivity contribution in [3.05, 3.63) is 36.0 Å². The number of nitrogens with two attached hydrogens (primary N) is 1. The Balaban J connectivity index is 2.65. The van der Waals surface area contributed by atoms with Crippen LogP contribution < -0.4 is 5.14 Å². The number of benzene rings is 1. The van der Waals surface area contributed by atoms with Crippen molar-refractivity contribution >= 4 is 20.9 Å². The normalized spacial score (nSPS) is 11.9. The van der Waals surface area contributed by atoms with E-state index in [9.17, 15) is 8.42 Å². The van der Waals surface area contributed by atoms with Gasteiger partial charge in [0.2, 0.25) is 10.0 Å². The lowest BCUT2D eigenvalue weighted by molar-refractivity contribution is 0.598. The van der Waals surface area contributed by atoms with Crippen LogP contribution >= 0.6 is 0 Å². The van der Waals surface area contributed by atoms with Gasteiger partial charge in [0.15, 0.2) is 0 Å². The fourth-order valence-corrected chi connectivity index (χ4v) is 2.07. The summed E-state index contributed by atoms with van der Waals surface area (Å²) in [5, 5.41) is 5.84. The molecule has 0 saturated carbocycles. The lowest BCUT2D eigenvalue weighted by Gasteiger charge is -2.02. The van der Waals surface area contributed by atoms with Crippen LogP contribution in [0.5, 0.6) is 0 Å². The molecular formula is C11H12N2O2S. The van der Waals surface area contributed by atoms with Crippen LogP contribution in [0.15, 0.2) is 35.2 Å². The number of rotatable bonds is 2. The number of primary sulfonamides is 1. The average Bonchev–Trinajstić information content (AvgIpc) is 2.26. The van der Waals surface area contributed by atoms with Gasteiger partial charge in [0.1, 0.15) is 0 Å². The molecule has 2 N–H and O–H groups in total. The van der Waals surface area contributed by atoms with E-state index >= 15 is 0 Å². The molecule has 2 rings (SSSR count). The van der Waals surface area contributed by atoms with Gasteiger partial charge in [0.25, 0.3) is 0 Å². The van der Waals surface area contributed by atoms with E-state index in [1.165, 1.54) is 12.1 Å². The van der Waals surface area contributed by atoms with Crippen LogP contribution in [0.3, 0.4) is 0 Å². The van der Waals surface area contributed by atoms with Crippen LogP contribution in [0.1, 0.15) is 12.6 Å². The molecule has 84 valence electrons. The molecule has 1 aromatic carbocycles. The minimum Gasteiger partial charge on any atom is -0.253 e. The Labute approximate surface area is 94.2 Å². The van der Waals surface area contributed by atoms with E-state index in [-0.39, 0.29) is 4.90 Å². The largest absolute Gasteiger partial charge is 0.253 e. The van der Waals surface area contributed by atoms with Crippen LogP contribution in [0.2, 0.25) is 0 Å². The third-order valence-corrected chi connectivity index (χ3v) is 3.32. The Morgan fingerprint density at radius 3 is 2.62 bits per heavy atom. The SMILES string of the molecule is CCc1ccc2cc(S(N)(=O)=O)ccc2n1. The molecule has 5 heteroatoms.